The summed E-state index contributed by atoms with van der Waals surface area (Å²) in [5.74, 6) is -0.0724. The van der Waals surface area contributed by atoms with E-state index in [1.54, 1.807) is 53.8 Å². The number of carbonyl (C=O) groups is 1. The first kappa shape index (κ1) is 20.1. The van der Waals surface area contributed by atoms with Crippen molar-refractivity contribution in [1.29, 1.82) is 0 Å². The summed E-state index contributed by atoms with van der Waals surface area (Å²) in [4.78, 5) is 13.4. The Morgan fingerprint density at radius 1 is 1.00 bits per heavy atom. The largest absolute Gasteiger partial charge is 0.351 e. The minimum absolute atomic E-state index is 0.0724. The fraction of sp³-hybridized carbons (Fsp3) is 0.190. The number of sulfonamides is 1. The molecule has 0 unspecified atom stereocenters. The lowest BCUT2D eigenvalue weighted by atomic mass is 10.1. The van der Waals surface area contributed by atoms with Gasteiger partial charge >= 0.3 is 0 Å². The molecule has 0 aliphatic carbocycles. The lowest BCUT2D eigenvalue weighted by Gasteiger charge is -2.10. The third kappa shape index (κ3) is 5.21. The van der Waals surface area contributed by atoms with Crippen molar-refractivity contribution in [3.8, 4) is 0 Å². The number of nitrogens with one attached hydrogen (secondary N) is 2. The first-order valence-electron chi connectivity index (χ1n) is 8.81. The molecule has 3 aromatic rings. The van der Waals surface area contributed by atoms with Crippen LogP contribution in [0.2, 0.25) is 0 Å². The average Bonchev–Trinajstić information content (AvgIpc) is 3.17. The molecule has 0 radical (unpaired) electrons. The summed E-state index contributed by atoms with van der Waals surface area (Å²) in [6, 6.07) is 15.8. The molecule has 3 rings (SSSR count). The average molecular weight is 415 g/mol. The molecule has 1 aromatic heterocycles. The summed E-state index contributed by atoms with van der Waals surface area (Å²) in [5, 5.41) is 4.85. The van der Waals surface area contributed by atoms with Crippen molar-refractivity contribution in [1.82, 2.24) is 5.32 Å². The van der Waals surface area contributed by atoms with Crippen molar-refractivity contribution in [3.63, 3.8) is 0 Å². The number of carbonyl (C=O) groups excluding carboxylic acids is 1. The van der Waals surface area contributed by atoms with Gasteiger partial charge in [0.2, 0.25) is 5.91 Å². The lowest BCUT2D eigenvalue weighted by Crippen LogP contribution is -2.24. The molecule has 146 valence electrons. The Balaban J connectivity index is 1.60. The van der Waals surface area contributed by atoms with Crippen LogP contribution in [0.1, 0.15) is 21.6 Å². The molecule has 28 heavy (non-hydrogen) atoms. The van der Waals surface area contributed by atoms with Gasteiger partial charge in [-0.15, -0.1) is 11.3 Å². The molecule has 0 fully saturated rings. The van der Waals surface area contributed by atoms with Gasteiger partial charge in [-0.2, -0.15) is 0 Å². The molecule has 2 N–H and O–H groups in total. The fourth-order valence-corrected chi connectivity index (χ4v) is 4.42. The summed E-state index contributed by atoms with van der Waals surface area (Å²) in [6.07, 6.45) is 0.246. The van der Waals surface area contributed by atoms with E-state index in [9.17, 15) is 13.2 Å². The van der Waals surface area contributed by atoms with Gasteiger partial charge in [0.1, 0.15) is 0 Å². The maximum atomic E-state index is 12.6. The van der Waals surface area contributed by atoms with Crippen LogP contribution in [0.5, 0.6) is 0 Å². The summed E-state index contributed by atoms with van der Waals surface area (Å²) in [6.45, 7) is 4.34. The van der Waals surface area contributed by atoms with Gasteiger partial charge in [-0.1, -0.05) is 24.3 Å². The molecule has 2 aromatic carbocycles. The van der Waals surface area contributed by atoms with Gasteiger partial charge in [0.25, 0.3) is 10.0 Å². The lowest BCUT2D eigenvalue weighted by molar-refractivity contribution is -0.120. The second-order valence-corrected chi connectivity index (χ2v) is 9.30. The Bertz CT molecular complexity index is 1060. The summed E-state index contributed by atoms with van der Waals surface area (Å²) < 4.78 is 27.7. The highest BCUT2D eigenvalue weighted by Crippen LogP contribution is 2.19. The van der Waals surface area contributed by atoms with Gasteiger partial charge in [-0.3, -0.25) is 9.52 Å². The van der Waals surface area contributed by atoms with Crippen molar-refractivity contribution in [2.24, 2.45) is 0 Å². The molecule has 0 aliphatic rings. The van der Waals surface area contributed by atoms with Crippen LogP contribution in [-0.2, 0) is 27.8 Å². The van der Waals surface area contributed by atoms with E-state index in [2.05, 4.69) is 10.0 Å². The smallest absolute Gasteiger partial charge is 0.261 e. The molecule has 5 nitrogen and oxygen atoms in total. The molecule has 1 heterocycles. The van der Waals surface area contributed by atoms with Crippen molar-refractivity contribution in [2.75, 3.05) is 4.72 Å². The van der Waals surface area contributed by atoms with Gasteiger partial charge in [0, 0.05) is 10.6 Å². The zero-order valence-corrected chi connectivity index (χ0v) is 17.4. The van der Waals surface area contributed by atoms with Crippen molar-refractivity contribution in [2.45, 2.75) is 31.7 Å². The Kier molecular flexibility index (Phi) is 6.16. The number of amides is 1. The van der Waals surface area contributed by atoms with Gasteiger partial charge in [0.05, 0.1) is 17.9 Å². The number of benzene rings is 2. The van der Waals surface area contributed by atoms with E-state index < -0.39 is 10.0 Å². The molecule has 0 saturated heterocycles. The van der Waals surface area contributed by atoms with E-state index in [0.717, 1.165) is 21.6 Å². The van der Waals surface area contributed by atoms with E-state index >= 15 is 0 Å². The zero-order valence-electron chi connectivity index (χ0n) is 15.7. The van der Waals surface area contributed by atoms with Crippen LogP contribution >= 0.6 is 11.3 Å². The number of anilines is 1. The molecule has 0 atom stereocenters. The van der Waals surface area contributed by atoms with Crippen molar-refractivity contribution < 1.29 is 13.2 Å². The minimum atomic E-state index is -3.65. The Morgan fingerprint density at radius 3 is 2.39 bits per heavy atom. The van der Waals surface area contributed by atoms with Crippen LogP contribution in [0.4, 0.5) is 5.69 Å². The predicted molar refractivity (Wildman–Crippen MR) is 113 cm³/mol. The SMILES string of the molecule is Cc1ccc(S(=O)(=O)Nc2ccc(CC(=O)NCc3cccs3)cc2)cc1C. The number of hydrogen-bond donors (Lipinski definition) is 2. The summed E-state index contributed by atoms with van der Waals surface area (Å²) >= 11 is 1.60. The normalized spacial score (nSPS) is 11.2. The van der Waals surface area contributed by atoms with Crippen LogP contribution < -0.4 is 10.0 Å². The summed E-state index contributed by atoms with van der Waals surface area (Å²) in [7, 11) is -3.65. The topological polar surface area (TPSA) is 75.3 Å². The quantitative estimate of drug-likeness (QED) is 0.613. The molecular formula is C21H22N2O3S2. The van der Waals surface area contributed by atoms with Crippen LogP contribution in [0.25, 0.3) is 0 Å². The zero-order chi connectivity index (χ0) is 20.1. The third-order valence-corrected chi connectivity index (χ3v) is 6.65. The number of rotatable bonds is 7. The highest BCUT2D eigenvalue weighted by atomic mass is 32.2. The van der Waals surface area contributed by atoms with Gasteiger partial charge in [0.15, 0.2) is 0 Å². The van der Waals surface area contributed by atoms with Crippen LogP contribution in [0.3, 0.4) is 0 Å². The van der Waals surface area contributed by atoms with Crippen molar-refractivity contribution >= 4 is 33.0 Å². The van der Waals surface area contributed by atoms with E-state index in [1.807, 2.05) is 31.4 Å². The molecule has 0 spiro atoms. The molecule has 7 heteroatoms. The molecular weight excluding hydrogens is 392 g/mol. The Morgan fingerprint density at radius 2 is 1.75 bits per heavy atom. The number of aryl methyl sites for hydroxylation is 2. The Hall–Kier alpha value is -2.64. The molecule has 0 bridgehead atoms. The van der Waals surface area contributed by atoms with E-state index in [-0.39, 0.29) is 17.2 Å². The fourth-order valence-electron chi connectivity index (χ4n) is 2.63. The van der Waals surface area contributed by atoms with Gasteiger partial charge in [-0.05, 0) is 66.2 Å². The van der Waals surface area contributed by atoms with Crippen LogP contribution in [0, 0.1) is 13.8 Å². The molecule has 0 saturated carbocycles. The maximum Gasteiger partial charge on any atom is 0.261 e. The van der Waals surface area contributed by atoms with Crippen LogP contribution in [-0.4, -0.2) is 14.3 Å². The number of thiophene rings is 1. The Labute approximate surface area is 169 Å². The van der Waals surface area contributed by atoms with Crippen molar-refractivity contribution in [3.05, 3.63) is 81.5 Å². The standard InChI is InChI=1S/C21H22N2O3S2/c1-15-5-10-20(12-16(15)2)28(25,26)23-18-8-6-17(7-9-18)13-21(24)22-14-19-4-3-11-27-19/h3-12,23H,13-14H2,1-2H3,(H,22,24). The molecule has 1 amide bonds. The maximum absolute atomic E-state index is 12.6. The second kappa shape index (κ2) is 8.58. The highest BCUT2D eigenvalue weighted by Gasteiger charge is 2.15. The first-order chi connectivity index (χ1) is 13.3. The van der Waals surface area contributed by atoms with E-state index in [1.165, 1.54) is 0 Å². The van der Waals surface area contributed by atoms with Gasteiger partial charge in [-0.25, -0.2) is 8.42 Å². The van der Waals surface area contributed by atoms with Gasteiger partial charge < -0.3 is 5.32 Å². The minimum Gasteiger partial charge on any atom is -0.351 e. The van der Waals surface area contributed by atoms with E-state index in [4.69, 9.17) is 0 Å². The third-order valence-electron chi connectivity index (χ3n) is 4.40. The predicted octanol–water partition coefficient (Wildman–Crippen LogP) is 4.02. The summed E-state index contributed by atoms with van der Waals surface area (Å²) in [5.41, 5.74) is 3.24. The second-order valence-electron chi connectivity index (χ2n) is 6.58. The monoisotopic (exact) mass is 414 g/mol. The van der Waals surface area contributed by atoms with E-state index in [0.29, 0.717) is 12.2 Å². The van der Waals surface area contributed by atoms with Crippen LogP contribution in [0.15, 0.2) is 64.9 Å². The molecule has 0 aliphatic heterocycles. The highest BCUT2D eigenvalue weighted by molar-refractivity contribution is 7.92. The first-order valence-corrected chi connectivity index (χ1v) is 11.2. The number of hydrogen-bond acceptors (Lipinski definition) is 4.